The minimum Gasteiger partial charge on any atom is -0.382 e. The largest absolute Gasteiger partial charge is 0.382 e. The Morgan fingerprint density at radius 1 is 1.25 bits per heavy atom. The summed E-state index contributed by atoms with van der Waals surface area (Å²) < 4.78 is 8.21. The molecule has 8 heteroatoms. The van der Waals surface area contributed by atoms with Crippen LogP contribution in [0.4, 0.5) is 5.13 Å². The molecule has 154 valence electrons. The highest BCUT2D eigenvalue weighted by Gasteiger charge is 2.23. The second-order valence-corrected chi connectivity index (χ2v) is 9.10. The summed E-state index contributed by atoms with van der Waals surface area (Å²) in [5.74, 6) is 0. The van der Waals surface area contributed by atoms with E-state index in [2.05, 4.69) is 41.6 Å². The van der Waals surface area contributed by atoms with Crippen LogP contribution in [0.1, 0.15) is 24.5 Å². The number of rotatable bonds is 10. The van der Waals surface area contributed by atoms with Crippen LogP contribution >= 0.6 is 23.6 Å². The molecule has 0 saturated carbocycles. The minimum atomic E-state index is 0.774. The fourth-order valence-electron chi connectivity index (χ4n) is 3.61. The molecule has 0 spiro atoms. The molecule has 1 aliphatic rings. The Hall–Kier alpha value is -1.32. The minimum absolute atomic E-state index is 0.774. The van der Waals surface area contributed by atoms with Gasteiger partial charge in [0.15, 0.2) is 10.6 Å². The van der Waals surface area contributed by atoms with Gasteiger partial charge in [-0.25, -0.2) is 0 Å². The summed E-state index contributed by atoms with van der Waals surface area (Å²) in [5, 5.41) is 8.96. The predicted molar refractivity (Wildman–Crippen MR) is 117 cm³/mol. The van der Waals surface area contributed by atoms with Crippen molar-refractivity contribution >= 4 is 28.7 Å². The quantitative estimate of drug-likeness (QED) is 0.390. The molecular weight excluding hydrogens is 390 g/mol. The van der Waals surface area contributed by atoms with Crippen molar-refractivity contribution in [1.82, 2.24) is 9.78 Å². The van der Waals surface area contributed by atoms with E-state index in [0.717, 1.165) is 61.6 Å². The summed E-state index contributed by atoms with van der Waals surface area (Å²) in [5.41, 5.74) is 2.79. The SMILES string of the molecule is CCOCCCNc1nn(C[NH+]2CC[NH+](Cc3cccc(C)c3)CC2)c(=S)s1. The first-order chi connectivity index (χ1) is 13.6. The van der Waals surface area contributed by atoms with Crippen LogP contribution in [-0.2, 0) is 18.0 Å². The standard InChI is InChI=1S/C20H31N5OS2/c1-3-26-13-5-8-21-19-22-25(20(27)28-19)16-24-11-9-23(10-12-24)15-18-7-4-6-17(2)14-18/h4,6-7,14H,3,5,8-13,15-16H2,1-2H3,(H,21,22)/p+2. The number of aromatic nitrogens is 2. The molecule has 0 atom stereocenters. The molecule has 1 aromatic heterocycles. The number of piperazine rings is 1. The maximum Gasteiger partial charge on any atom is 0.204 e. The maximum atomic E-state index is 5.52. The lowest BCUT2D eigenvalue weighted by Crippen LogP contribution is -3.27. The summed E-state index contributed by atoms with van der Waals surface area (Å²) in [6.07, 6.45) is 0.983. The second kappa shape index (κ2) is 11.0. The predicted octanol–water partition coefficient (Wildman–Crippen LogP) is 0.762. The van der Waals surface area contributed by atoms with Gasteiger partial charge in [0.25, 0.3) is 0 Å². The summed E-state index contributed by atoms with van der Waals surface area (Å²) in [6, 6.07) is 8.89. The number of hydrogen-bond donors (Lipinski definition) is 3. The Morgan fingerprint density at radius 3 is 2.79 bits per heavy atom. The molecule has 3 rings (SSSR count). The highest BCUT2D eigenvalue weighted by molar-refractivity contribution is 7.73. The van der Waals surface area contributed by atoms with Crippen molar-refractivity contribution in [3.8, 4) is 0 Å². The Bertz CT molecular complexity index is 783. The third-order valence-electron chi connectivity index (χ3n) is 5.13. The van der Waals surface area contributed by atoms with Crippen molar-refractivity contribution < 1.29 is 14.5 Å². The van der Waals surface area contributed by atoms with Gasteiger partial charge in [0, 0.05) is 25.3 Å². The van der Waals surface area contributed by atoms with Crippen LogP contribution in [0.25, 0.3) is 0 Å². The molecule has 6 nitrogen and oxygen atoms in total. The average molecular weight is 424 g/mol. The van der Waals surface area contributed by atoms with Gasteiger partial charge in [0.1, 0.15) is 32.7 Å². The van der Waals surface area contributed by atoms with Crippen molar-refractivity contribution in [1.29, 1.82) is 0 Å². The monoisotopic (exact) mass is 423 g/mol. The van der Waals surface area contributed by atoms with Gasteiger partial charge < -0.3 is 19.9 Å². The van der Waals surface area contributed by atoms with Crippen LogP contribution in [0.2, 0.25) is 0 Å². The van der Waals surface area contributed by atoms with E-state index < -0.39 is 0 Å². The molecule has 28 heavy (non-hydrogen) atoms. The van der Waals surface area contributed by atoms with E-state index in [9.17, 15) is 0 Å². The fraction of sp³-hybridized carbons (Fsp3) is 0.600. The van der Waals surface area contributed by atoms with Crippen LogP contribution < -0.4 is 15.1 Å². The van der Waals surface area contributed by atoms with E-state index >= 15 is 0 Å². The van der Waals surface area contributed by atoms with Crippen LogP contribution in [0.5, 0.6) is 0 Å². The number of benzene rings is 1. The molecule has 1 fully saturated rings. The lowest BCUT2D eigenvalue weighted by atomic mass is 10.1. The third-order valence-corrected chi connectivity index (χ3v) is 6.39. The molecule has 0 aliphatic carbocycles. The van der Waals surface area contributed by atoms with Gasteiger partial charge in [0.05, 0.1) is 0 Å². The Morgan fingerprint density at radius 2 is 2.04 bits per heavy atom. The number of anilines is 1. The number of nitrogens with one attached hydrogen (secondary N) is 3. The Kier molecular flexibility index (Phi) is 8.42. The average Bonchev–Trinajstić information content (AvgIpc) is 3.02. The van der Waals surface area contributed by atoms with Crippen LogP contribution in [0.15, 0.2) is 24.3 Å². The highest BCUT2D eigenvalue weighted by Crippen LogP contribution is 2.13. The van der Waals surface area contributed by atoms with Crippen LogP contribution in [-0.4, -0.2) is 55.7 Å². The van der Waals surface area contributed by atoms with Crippen LogP contribution in [0.3, 0.4) is 0 Å². The van der Waals surface area contributed by atoms with Gasteiger partial charge in [-0.3, -0.25) is 0 Å². The lowest BCUT2D eigenvalue weighted by molar-refractivity contribution is -1.03. The molecule has 1 aromatic carbocycles. The topological polar surface area (TPSA) is 48.0 Å². The molecule has 3 N–H and O–H groups in total. The first kappa shape index (κ1) is 21.4. The number of hydrogen-bond acceptors (Lipinski definition) is 5. The normalized spacial score (nSPS) is 19.6. The van der Waals surface area contributed by atoms with Gasteiger partial charge in [-0.15, -0.1) is 5.10 Å². The zero-order valence-electron chi connectivity index (χ0n) is 17.0. The summed E-state index contributed by atoms with van der Waals surface area (Å²) in [7, 11) is 0. The van der Waals surface area contributed by atoms with Crippen LogP contribution in [0, 0.1) is 10.9 Å². The van der Waals surface area contributed by atoms with Gasteiger partial charge in [0.2, 0.25) is 5.13 Å². The zero-order valence-corrected chi connectivity index (χ0v) is 18.6. The lowest BCUT2D eigenvalue weighted by Gasteiger charge is -2.29. The van der Waals surface area contributed by atoms with E-state index in [1.54, 1.807) is 21.1 Å². The first-order valence-corrected chi connectivity index (χ1v) is 11.5. The fourth-order valence-corrected chi connectivity index (χ4v) is 4.64. The number of quaternary nitrogens is 2. The van der Waals surface area contributed by atoms with Gasteiger partial charge >= 0.3 is 0 Å². The summed E-state index contributed by atoms with van der Waals surface area (Å²) >= 11 is 7.09. The molecule has 1 aliphatic heterocycles. The van der Waals surface area contributed by atoms with Gasteiger partial charge in [-0.1, -0.05) is 41.2 Å². The number of ether oxygens (including phenoxy) is 1. The van der Waals surface area contributed by atoms with Crippen molar-refractivity contribution in [2.45, 2.75) is 33.5 Å². The van der Waals surface area contributed by atoms with Crippen molar-refractivity contribution in [2.24, 2.45) is 0 Å². The van der Waals surface area contributed by atoms with E-state index in [4.69, 9.17) is 17.0 Å². The van der Waals surface area contributed by atoms with Gasteiger partial charge in [-0.05, 0) is 32.5 Å². The molecular formula is C20H33N5OS2+2. The highest BCUT2D eigenvalue weighted by atomic mass is 32.1. The molecule has 0 bridgehead atoms. The van der Waals surface area contributed by atoms with Crippen molar-refractivity contribution in [2.75, 3.05) is 51.3 Å². The van der Waals surface area contributed by atoms with E-state index in [1.165, 1.54) is 24.2 Å². The molecule has 0 radical (unpaired) electrons. The summed E-state index contributed by atoms with van der Waals surface area (Å²) in [6.45, 7) is 13.3. The molecule has 2 aromatic rings. The molecule has 0 unspecified atom stereocenters. The van der Waals surface area contributed by atoms with Crippen molar-refractivity contribution in [3.05, 3.63) is 39.3 Å². The molecule has 1 saturated heterocycles. The van der Waals surface area contributed by atoms with Crippen molar-refractivity contribution in [3.63, 3.8) is 0 Å². The second-order valence-electron chi connectivity index (χ2n) is 7.47. The van der Waals surface area contributed by atoms with Gasteiger partial charge in [-0.2, -0.15) is 4.68 Å². The van der Waals surface area contributed by atoms with E-state index in [-0.39, 0.29) is 0 Å². The molecule has 2 heterocycles. The zero-order chi connectivity index (χ0) is 19.8. The number of nitrogens with zero attached hydrogens (tertiary/aromatic N) is 2. The van der Waals surface area contributed by atoms with E-state index in [0.29, 0.717) is 0 Å². The maximum absolute atomic E-state index is 5.52. The Balaban J connectivity index is 1.42. The number of aryl methyl sites for hydroxylation is 1. The Labute approximate surface area is 177 Å². The molecule has 0 amide bonds. The first-order valence-electron chi connectivity index (χ1n) is 10.3. The third kappa shape index (κ3) is 6.63. The van der Waals surface area contributed by atoms with E-state index in [1.807, 2.05) is 11.6 Å². The smallest absolute Gasteiger partial charge is 0.204 e. The summed E-state index contributed by atoms with van der Waals surface area (Å²) in [4.78, 5) is 3.24.